The van der Waals surface area contributed by atoms with E-state index in [0.717, 1.165) is 25.2 Å². The summed E-state index contributed by atoms with van der Waals surface area (Å²) in [5.41, 5.74) is 4.05. The van der Waals surface area contributed by atoms with Crippen molar-refractivity contribution in [2.75, 3.05) is 6.61 Å². The second-order valence-electron chi connectivity index (χ2n) is 5.42. The predicted octanol–water partition coefficient (Wildman–Crippen LogP) is 5.25. The third-order valence-electron chi connectivity index (χ3n) is 4.02. The summed E-state index contributed by atoms with van der Waals surface area (Å²) in [5, 5.41) is 0. The van der Waals surface area contributed by atoms with E-state index in [-0.39, 0.29) is 0 Å². The molecule has 1 aliphatic rings. The standard InChI is InChI=1S/C18H19BrO/c1-13(14-6-3-2-4-7-14)18(19)16-9-10-17-15(12-16)8-5-11-20-17/h2-4,6-7,9-10,12-13,18H,5,8,11H2,1H3. The summed E-state index contributed by atoms with van der Waals surface area (Å²) in [6.07, 6.45) is 2.25. The molecular weight excluding hydrogens is 312 g/mol. The van der Waals surface area contributed by atoms with Crippen molar-refractivity contribution in [3.8, 4) is 5.75 Å². The fraction of sp³-hybridized carbons (Fsp3) is 0.333. The molecule has 3 rings (SSSR count). The second-order valence-corrected chi connectivity index (χ2v) is 6.41. The lowest BCUT2D eigenvalue weighted by atomic mass is 9.92. The molecule has 1 aliphatic heterocycles. The zero-order chi connectivity index (χ0) is 13.9. The average molecular weight is 331 g/mol. The number of ether oxygens (including phenoxy) is 1. The lowest BCUT2D eigenvalue weighted by Gasteiger charge is -2.22. The van der Waals surface area contributed by atoms with Gasteiger partial charge in [-0.05, 0) is 41.5 Å². The molecule has 0 aliphatic carbocycles. The van der Waals surface area contributed by atoms with Crippen molar-refractivity contribution in [2.45, 2.75) is 30.5 Å². The van der Waals surface area contributed by atoms with Crippen LogP contribution in [0.5, 0.6) is 5.75 Å². The highest BCUT2D eigenvalue weighted by atomic mass is 79.9. The molecule has 2 atom stereocenters. The first kappa shape index (κ1) is 13.7. The molecule has 2 unspecified atom stereocenters. The third-order valence-corrected chi connectivity index (χ3v) is 5.34. The fourth-order valence-corrected chi connectivity index (χ4v) is 3.36. The Morgan fingerprint density at radius 1 is 1.05 bits per heavy atom. The van der Waals surface area contributed by atoms with Crippen LogP contribution < -0.4 is 4.74 Å². The molecule has 0 radical (unpaired) electrons. The zero-order valence-corrected chi connectivity index (χ0v) is 13.3. The molecule has 0 spiro atoms. The van der Waals surface area contributed by atoms with Gasteiger partial charge in [-0.2, -0.15) is 0 Å². The summed E-state index contributed by atoms with van der Waals surface area (Å²) in [4.78, 5) is 0.331. The summed E-state index contributed by atoms with van der Waals surface area (Å²) < 4.78 is 5.69. The summed E-state index contributed by atoms with van der Waals surface area (Å²) in [7, 11) is 0. The van der Waals surface area contributed by atoms with E-state index in [1.807, 2.05) is 0 Å². The van der Waals surface area contributed by atoms with Crippen molar-refractivity contribution in [3.05, 3.63) is 65.2 Å². The van der Waals surface area contributed by atoms with E-state index in [9.17, 15) is 0 Å². The Hall–Kier alpha value is -1.28. The van der Waals surface area contributed by atoms with E-state index < -0.39 is 0 Å². The number of alkyl halides is 1. The van der Waals surface area contributed by atoms with Crippen LogP contribution in [0, 0.1) is 0 Å². The molecule has 104 valence electrons. The summed E-state index contributed by atoms with van der Waals surface area (Å²) in [6, 6.07) is 17.3. The second kappa shape index (κ2) is 6.01. The maximum atomic E-state index is 5.69. The van der Waals surface area contributed by atoms with E-state index in [1.54, 1.807) is 0 Å². The van der Waals surface area contributed by atoms with Gasteiger partial charge in [-0.1, -0.05) is 65.3 Å². The van der Waals surface area contributed by atoms with E-state index in [0.29, 0.717) is 10.7 Å². The molecule has 2 heteroatoms. The van der Waals surface area contributed by atoms with Crippen molar-refractivity contribution in [1.82, 2.24) is 0 Å². The van der Waals surface area contributed by atoms with Gasteiger partial charge in [-0.25, -0.2) is 0 Å². The van der Waals surface area contributed by atoms with Gasteiger partial charge in [0.15, 0.2) is 0 Å². The van der Waals surface area contributed by atoms with Gasteiger partial charge in [0, 0.05) is 4.83 Å². The molecule has 0 fully saturated rings. The van der Waals surface area contributed by atoms with Gasteiger partial charge in [0.25, 0.3) is 0 Å². The van der Waals surface area contributed by atoms with Gasteiger partial charge in [0.05, 0.1) is 6.61 Å². The molecular formula is C18H19BrO. The van der Waals surface area contributed by atoms with E-state index in [2.05, 4.69) is 71.4 Å². The lowest BCUT2D eigenvalue weighted by molar-refractivity contribution is 0.288. The number of aryl methyl sites for hydroxylation is 1. The SMILES string of the molecule is CC(c1ccccc1)C(Br)c1ccc2c(c1)CCCO2. The van der Waals surface area contributed by atoms with Crippen LogP contribution in [0.4, 0.5) is 0 Å². The van der Waals surface area contributed by atoms with E-state index in [4.69, 9.17) is 4.74 Å². The van der Waals surface area contributed by atoms with Crippen LogP contribution in [0.1, 0.15) is 40.8 Å². The van der Waals surface area contributed by atoms with Crippen molar-refractivity contribution < 1.29 is 4.74 Å². The monoisotopic (exact) mass is 330 g/mol. The molecule has 0 N–H and O–H groups in total. The summed E-state index contributed by atoms with van der Waals surface area (Å²) in [5.74, 6) is 1.51. The molecule has 0 saturated heterocycles. The minimum Gasteiger partial charge on any atom is -0.493 e. The molecule has 1 nitrogen and oxygen atoms in total. The van der Waals surface area contributed by atoms with Gasteiger partial charge in [0.1, 0.15) is 5.75 Å². The Labute approximate surface area is 129 Å². The predicted molar refractivity (Wildman–Crippen MR) is 86.8 cm³/mol. The molecule has 0 aromatic heterocycles. The van der Waals surface area contributed by atoms with Crippen LogP contribution in [-0.4, -0.2) is 6.61 Å². The van der Waals surface area contributed by atoms with Crippen molar-refractivity contribution >= 4 is 15.9 Å². The molecule has 1 heterocycles. The lowest BCUT2D eigenvalue weighted by Crippen LogP contribution is -2.09. The Morgan fingerprint density at radius 2 is 1.85 bits per heavy atom. The maximum Gasteiger partial charge on any atom is 0.122 e. The molecule has 0 saturated carbocycles. The van der Waals surface area contributed by atoms with Crippen LogP contribution in [0.3, 0.4) is 0 Å². The van der Waals surface area contributed by atoms with Crippen LogP contribution >= 0.6 is 15.9 Å². The van der Waals surface area contributed by atoms with Crippen LogP contribution in [0.25, 0.3) is 0 Å². The normalized spacial score (nSPS) is 16.9. The van der Waals surface area contributed by atoms with Gasteiger partial charge in [0.2, 0.25) is 0 Å². The number of hydrogen-bond acceptors (Lipinski definition) is 1. The van der Waals surface area contributed by atoms with Gasteiger partial charge >= 0.3 is 0 Å². The maximum absolute atomic E-state index is 5.69. The Kier molecular flexibility index (Phi) is 4.11. The van der Waals surface area contributed by atoms with E-state index in [1.165, 1.54) is 16.7 Å². The topological polar surface area (TPSA) is 9.23 Å². The Morgan fingerprint density at radius 3 is 2.65 bits per heavy atom. The number of halogens is 1. The van der Waals surface area contributed by atoms with Gasteiger partial charge in [-0.15, -0.1) is 0 Å². The van der Waals surface area contributed by atoms with Crippen molar-refractivity contribution in [3.63, 3.8) is 0 Å². The fourth-order valence-electron chi connectivity index (χ4n) is 2.77. The van der Waals surface area contributed by atoms with Crippen LogP contribution in [0.15, 0.2) is 48.5 Å². The zero-order valence-electron chi connectivity index (χ0n) is 11.7. The van der Waals surface area contributed by atoms with Crippen LogP contribution in [0.2, 0.25) is 0 Å². The number of hydrogen-bond donors (Lipinski definition) is 0. The molecule has 0 amide bonds. The summed E-state index contributed by atoms with van der Waals surface area (Å²) in [6.45, 7) is 3.12. The Bertz CT molecular complexity index is 579. The molecule has 2 aromatic rings. The highest BCUT2D eigenvalue weighted by Crippen LogP contribution is 2.39. The molecule has 2 aromatic carbocycles. The number of benzene rings is 2. The average Bonchev–Trinajstić information content (AvgIpc) is 2.54. The first-order chi connectivity index (χ1) is 9.75. The Balaban J connectivity index is 1.85. The first-order valence-electron chi connectivity index (χ1n) is 7.20. The largest absolute Gasteiger partial charge is 0.493 e. The first-order valence-corrected chi connectivity index (χ1v) is 8.12. The molecule has 0 bridgehead atoms. The summed E-state index contributed by atoms with van der Waals surface area (Å²) >= 11 is 3.88. The minimum atomic E-state index is 0.331. The highest BCUT2D eigenvalue weighted by Gasteiger charge is 2.20. The minimum absolute atomic E-state index is 0.331. The van der Waals surface area contributed by atoms with Gasteiger partial charge < -0.3 is 4.74 Å². The van der Waals surface area contributed by atoms with Crippen LogP contribution in [-0.2, 0) is 6.42 Å². The number of rotatable bonds is 3. The smallest absolute Gasteiger partial charge is 0.122 e. The van der Waals surface area contributed by atoms with Crippen molar-refractivity contribution in [1.29, 1.82) is 0 Å². The van der Waals surface area contributed by atoms with Gasteiger partial charge in [-0.3, -0.25) is 0 Å². The highest BCUT2D eigenvalue weighted by molar-refractivity contribution is 9.09. The molecule has 20 heavy (non-hydrogen) atoms. The van der Waals surface area contributed by atoms with E-state index >= 15 is 0 Å². The third kappa shape index (κ3) is 2.76. The number of fused-ring (bicyclic) bond motifs is 1. The van der Waals surface area contributed by atoms with Crippen molar-refractivity contribution in [2.24, 2.45) is 0 Å². The quantitative estimate of drug-likeness (QED) is 0.698.